The molecule has 5 nitrogen and oxygen atoms in total. The van der Waals surface area contributed by atoms with Gasteiger partial charge in [0, 0.05) is 6.07 Å². The zero-order chi connectivity index (χ0) is 11.4. The van der Waals surface area contributed by atoms with Gasteiger partial charge < -0.3 is 15.2 Å². The SMILES string of the molecule is CCOc1cc(N)c(C(=O)OC)nc1Cl. The number of carbonyl (C=O) groups excluding carboxylic acids is 1. The van der Waals surface area contributed by atoms with Gasteiger partial charge in [-0.05, 0) is 6.92 Å². The first-order valence-electron chi connectivity index (χ1n) is 4.27. The average Bonchev–Trinajstić information content (AvgIpc) is 2.22. The first-order chi connectivity index (χ1) is 7.10. The third kappa shape index (κ3) is 2.50. The number of nitrogen functional groups attached to an aromatic ring is 1. The van der Waals surface area contributed by atoms with Crippen molar-refractivity contribution in [2.75, 3.05) is 19.5 Å². The van der Waals surface area contributed by atoms with Crippen LogP contribution in [0.25, 0.3) is 0 Å². The lowest BCUT2D eigenvalue weighted by molar-refractivity contribution is 0.0595. The number of hydrogen-bond donors (Lipinski definition) is 1. The molecule has 1 heterocycles. The van der Waals surface area contributed by atoms with E-state index >= 15 is 0 Å². The molecule has 0 saturated carbocycles. The van der Waals surface area contributed by atoms with Crippen molar-refractivity contribution in [3.8, 4) is 5.75 Å². The molecular formula is C9H11ClN2O3. The van der Waals surface area contributed by atoms with Gasteiger partial charge in [-0.1, -0.05) is 11.6 Å². The Morgan fingerprint density at radius 3 is 2.87 bits per heavy atom. The van der Waals surface area contributed by atoms with E-state index in [2.05, 4.69) is 9.72 Å². The first kappa shape index (κ1) is 11.6. The van der Waals surface area contributed by atoms with Crippen LogP contribution in [0.3, 0.4) is 0 Å². The highest BCUT2D eigenvalue weighted by Gasteiger charge is 2.15. The predicted molar refractivity (Wildman–Crippen MR) is 56.2 cm³/mol. The molecule has 15 heavy (non-hydrogen) atoms. The molecule has 0 saturated heterocycles. The van der Waals surface area contributed by atoms with Gasteiger partial charge in [0.1, 0.15) is 0 Å². The molecule has 0 aliphatic rings. The lowest BCUT2D eigenvalue weighted by Gasteiger charge is -2.08. The molecule has 0 atom stereocenters. The summed E-state index contributed by atoms with van der Waals surface area (Å²) in [7, 11) is 1.24. The van der Waals surface area contributed by atoms with Crippen molar-refractivity contribution in [2.45, 2.75) is 6.92 Å². The number of carbonyl (C=O) groups is 1. The molecule has 1 aromatic heterocycles. The second kappa shape index (κ2) is 4.84. The number of aromatic nitrogens is 1. The van der Waals surface area contributed by atoms with Crippen LogP contribution in [0.15, 0.2) is 6.07 Å². The van der Waals surface area contributed by atoms with Crippen LogP contribution in [0.5, 0.6) is 5.75 Å². The molecule has 1 rings (SSSR count). The second-order valence-electron chi connectivity index (χ2n) is 2.64. The van der Waals surface area contributed by atoms with Crippen molar-refractivity contribution >= 4 is 23.3 Å². The third-order valence-corrected chi connectivity index (χ3v) is 1.92. The van der Waals surface area contributed by atoms with Crippen molar-refractivity contribution in [2.24, 2.45) is 0 Å². The Morgan fingerprint density at radius 1 is 1.67 bits per heavy atom. The predicted octanol–water partition coefficient (Wildman–Crippen LogP) is 1.50. The third-order valence-electron chi connectivity index (χ3n) is 1.65. The molecule has 82 valence electrons. The van der Waals surface area contributed by atoms with Gasteiger partial charge in [0.15, 0.2) is 16.6 Å². The fourth-order valence-electron chi connectivity index (χ4n) is 1.00. The maximum absolute atomic E-state index is 11.2. The van der Waals surface area contributed by atoms with Crippen LogP contribution < -0.4 is 10.5 Å². The summed E-state index contributed by atoms with van der Waals surface area (Å²) in [5, 5.41) is 0.0893. The summed E-state index contributed by atoms with van der Waals surface area (Å²) in [5.74, 6) is -0.276. The molecule has 0 radical (unpaired) electrons. The van der Waals surface area contributed by atoms with Gasteiger partial charge in [0.2, 0.25) is 0 Å². The van der Waals surface area contributed by atoms with Crippen LogP contribution in [0, 0.1) is 0 Å². The number of halogens is 1. The quantitative estimate of drug-likeness (QED) is 0.629. The van der Waals surface area contributed by atoms with Crippen molar-refractivity contribution in [1.82, 2.24) is 4.98 Å². The van der Waals surface area contributed by atoms with Gasteiger partial charge in [-0.15, -0.1) is 0 Å². The highest BCUT2D eigenvalue weighted by molar-refractivity contribution is 6.31. The van der Waals surface area contributed by atoms with Gasteiger partial charge in [0.05, 0.1) is 19.4 Å². The molecule has 0 amide bonds. The molecule has 0 bridgehead atoms. The molecule has 0 aliphatic heterocycles. The van der Waals surface area contributed by atoms with E-state index < -0.39 is 5.97 Å². The molecule has 0 fully saturated rings. The number of ether oxygens (including phenoxy) is 2. The monoisotopic (exact) mass is 230 g/mol. The standard InChI is InChI=1S/C9H11ClN2O3/c1-3-15-6-4-5(11)7(9(13)14-2)12-8(6)10/h4H,3,11H2,1-2H3. The Morgan fingerprint density at radius 2 is 2.33 bits per heavy atom. The second-order valence-corrected chi connectivity index (χ2v) is 3.00. The summed E-state index contributed by atoms with van der Waals surface area (Å²) >= 11 is 5.78. The Hall–Kier alpha value is -1.49. The van der Waals surface area contributed by atoms with Crippen LogP contribution in [0.1, 0.15) is 17.4 Å². The fraction of sp³-hybridized carbons (Fsp3) is 0.333. The van der Waals surface area contributed by atoms with Crippen molar-refractivity contribution in [1.29, 1.82) is 0 Å². The molecule has 6 heteroatoms. The van der Waals surface area contributed by atoms with Gasteiger partial charge in [-0.2, -0.15) is 0 Å². The van der Waals surface area contributed by atoms with Crippen molar-refractivity contribution in [3.63, 3.8) is 0 Å². The minimum atomic E-state index is -0.627. The number of rotatable bonds is 3. The molecule has 0 aromatic carbocycles. The van der Waals surface area contributed by atoms with E-state index in [1.165, 1.54) is 13.2 Å². The molecule has 2 N–H and O–H groups in total. The van der Waals surface area contributed by atoms with E-state index in [1.54, 1.807) is 6.92 Å². The molecule has 0 spiro atoms. The number of esters is 1. The number of anilines is 1. The summed E-state index contributed by atoms with van der Waals surface area (Å²) in [6, 6.07) is 1.45. The van der Waals surface area contributed by atoms with Crippen LogP contribution >= 0.6 is 11.6 Å². The van der Waals surface area contributed by atoms with E-state index in [0.29, 0.717) is 12.4 Å². The molecule has 0 aliphatic carbocycles. The molecule has 0 unspecified atom stereocenters. The summed E-state index contributed by atoms with van der Waals surface area (Å²) in [5.41, 5.74) is 5.76. The number of nitrogens with two attached hydrogens (primary N) is 1. The number of pyridine rings is 1. The molecular weight excluding hydrogens is 220 g/mol. The zero-order valence-electron chi connectivity index (χ0n) is 8.41. The van der Waals surface area contributed by atoms with Gasteiger partial charge >= 0.3 is 5.97 Å². The highest BCUT2D eigenvalue weighted by Crippen LogP contribution is 2.26. The van der Waals surface area contributed by atoms with E-state index in [9.17, 15) is 4.79 Å². The smallest absolute Gasteiger partial charge is 0.358 e. The number of methoxy groups -OCH3 is 1. The maximum atomic E-state index is 11.2. The van der Waals surface area contributed by atoms with Crippen molar-refractivity contribution in [3.05, 3.63) is 16.9 Å². The summed E-state index contributed by atoms with van der Waals surface area (Å²) in [6.45, 7) is 2.25. The normalized spacial score (nSPS) is 9.80. The van der Waals surface area contributed by atoms with Crippen molar-refractivity contribution < 1.29 is 14.3 Å². The van der Waals surface area contributed by atoms with Crippen LogP contribution in [-0.4, -0.2) is 24.7 Å². The Labute approximate surface area is 92.1 Å². The Bertz CT molecular complexity index is 382. The Balaban J connectivity index is 3.13. The van der Waals surface area contributed by atoms with Crippen LogP contribution in [0.4, 0.5) is 5.69 Å². The largest absolute Gasteiger partial charge is 0.491 e. The molecule has 1 aromatic rings. The van der Waals surface area contributed by atoms with Crippen LogP contribution in [-0.2, 0) is 4.74 Å². The average molecular weight is 231 g/mol. The highest BCUT2D eigenvalue weighted by atomic mass is 35.5. The van der Waals surface area contributed by atoms with Crippen LogP contribution in [0.2, 0.25) is 5.15 Å². The number of nitrogens with zero attached hydrogens (tertiary/aromatic N) is 1. The summed E-state index contributed by atoms with van der Waals surface area (Å²) < 4.78 is 9.65. The minimum absolute atomic E-state index is 0.00838. The van der Waals surface area contributed by atoms with E-state index in [0.717, 1.165) is 0 Å². The van der Waals surface area contributed by atoms with E-state index in [4.69, 9.17) is 22.1 Å². The minimum Gasteiger partial charge on any atom is -0.491 e. The summed E-state index contributed by atoms with van der Waals surface area (Å²) in [4.78, 5) is 15.0. The van der Waals surface area contributed by atoms with Gasteiger partial charge in [-0.3, -0.25) is 0 Å². The van der Waals surface area contributed by atoms with Gasteiger partial charge in [0.25, 0.3) is 0 Å². The van der Waals surface area contributed by atoms with Gasteiger partial charge in [-0.25, -0.2) is 9.78 Å². The van der Waals surface area contributed by atoms with E-state index in [-0.39, 0.29) is 16.5 Å². The Kier molecular flexibility index (Phi) is 3.74. The lowest BCUT2D eigenvalue weighted by atomic mass is 10.3. The first-order valence-corrected chi connectivity index (χ1v) is 4.65. The summed E-state index contributed by atoms with van der Waals surface area (Å²) in [6.07, 6.45) is 0. The zero-order valence-corrected chi connectivity index (χ0v) is 9.17. The topological polar surface area (TPSA) is 74.4 Å². The maximum Gasteiger partial charge on any atom is 0.358 e. The lowest BCUT2D eigenvalue weighted by Crippen LogP contribution is -2.09. The fourth-order valence-corrected chi connectivity index (χ4v) is 1.20. The van der Waals surface area contributed by atoms with E-state index in [1.807, 2.05) is 0 Å². The number of hydrogen-bond acceptors (Lipinski definition) is 5.